The normalized spacial score (nSPS) is 21.2. The van der Waals surface area contributed by atoms with Crippen molar-refractivity contribution < 1.29 is 19.2 Å². The number of hydrogen-bond donors (Lipinski definition) is 2. The minimum atomic E-state index is -0.609. The van der Waals surface area contributed by atoms with Gasteiger partial charge in [0.25, 0.3) is 0 Å². The number of amides is 2. The molecule has 0 spiro atoms. The van der Waals surface area contributed by atoms with Crippen molar-refractivity contribution in [2.24, 2.45) is 5.92 Å². The molecule has 3 heterocycles. The number of likely N-dealkylation sites (tertiary alicyclic amines) is 1. The predicted molar refractivity (Wildman–Crippen MR) is 139 cm³/mol. The molecule has 0 aliphatic carbocycles. The van der Waals surface area contributed by atoms with E-state index in [0.29, 0.717) is 19.5 Å². The van der Waals surface area contributed by atoms with Crippen LogP contribution in [-0.2, 0) is 27.4 Å². The molecule has 8 nitrogen and oxygen atoms in total. The Morgan fingerprint density at radius 3 is 2.75 bits per heavy atom. The number of hydrogen-bond acceptors (Lipinski definition) is 6. The quantitative estimate of drug-likeness (QED) is 0.431. The number of nitrogens with zero attached hydrogens (tertiary/aromatic N) is 2. The summed E-state index contributed by atoms with van der Waals surface area (Å²) in [5, 5.41) is 3.90. The molecule has 2 N–H and O–H groups in total. The topological polar surface area (TPSA) is 92.8 Å². The van der Waals surface area contributed by atoms with E-state index in [0.717, 1.165) is 27.5 Å². The number of fused-ring (bicyclic) bond motifs is 1. The fourth-order valence-electron chi connectivity index (χ4n) is 4.67. The van der Waals surface area contributed by atoms with E-state index in [4.69, 9.17) is 9.57 Å². The molecule has 2 aliphatic heterocycles. The lowest BCUT2D eigenvalue weighted by Crippen LogP contribution is -2.47. The van der Waals surface area contributed by atoms with E-state index in [1.807, 2.05) is 54.6 Å². The van der Waals surface area contributed by atoms with Gasteiger partial charge in [-0.05, 0) is 58.5 Å². The number of aromatic nitrogens is 1. The molecule has 3 unspecified atom stereocenters. The molecule has 1 fully saturated rings. The van der Waals surface area contributed by atoms with Crippen LogP contribution in [0.4, 0.5) is 4.79 Å². The minimum absolute atomic E-state index is 0.0886. The smallest absolute Gasteiger partial charge is 0.410 e. The Balaban J connectivity index is 1.25. The molecule has 9 heteroatoms. The van der Waals surface area contributed by atoms with Crippen LogP contribution in [0, 0.1) is 5.92 Å². The summed E-state index contributed by atoms with van der Waals surface area (Å²) in [6, 6.07) is 19.3. The Morgan fingerprint density at radius 1 is 1.14 bits per heavy atom. The van der Waals surface area contributed by atoms with Gasteiger partial charge in [-0.1, -0.05) is 48.5 Å². The highest BCUT2D eigenvalue weighted by molar-refractivity contribution is 9.11. The summed E-state index contributed by atoms with van der Waals surface area (Å²) in [4.78, 5) is 37.6. The second-order valence-corrected chi connectivity index (χ2v) is 9.92. The van der Waals surface area contributed by atoms with Crippen LogP contribution < -0.4 is 10.8 Å². The van der Waals surface area contributed by atoms with Crippen molar-refractivity contribution in [2.75, 3.05) is 13.1 Å². The van der Waals surface area contributed by atoms with E-state index in [2.05, 4.69) is 43.8 Å². The van der Waals surface area contributed by atoms with Crippen LogP contribution in [0.1, 0.15) is 17.5 Å². The Labute approximate surface area is 217 Å². The molecule has 0 saturated carbocycles. The Bertz CT molecular complexity index is 1270. The largest absolute Gasteiger partial charge is 0.444 e. The third kappa shape index (κ3) is 5.85. The van der Waals surface area contributed by atoms with Crippen LogP contribution >= 0.6 is 15.9 Å². The minimum Gasteiger partial charge on any atom is -0.444 e. The van der Waals surface area contributed by atoms with E-state index in [-0.39, 0.29) is 24.5 Å². The number of para-hydroxylation sites is 1. The van der Waals surface area contributed by atoms with Gasteiger partial charge < -0.3 is 10.1 Å². The molecule has 2 aromatic carbocycles. The zero-order chi connectivity index (χ0) is 24.9. The van der Waals surface area contributed by atoms with Crippen molar-refractivity contribution in [1.29, 1.82) is 0 Å². The average Bonchev–Trinajstić information content (AvgIpc) is 3.52. The number of ether oxygens (including phenoxy) is 1. The van der Waals surface area contributed by atoms with Gasteiger partial charge in [-0.25, -0.2) is 4.79 Å². The second kappa shape index (κ2) is 11.1. The van der Waals surface area contributed by atoms with Crippen molar-refractivity contribution in [1.82, 2.24) is 20.7 Å². The van der Waals surface area contributed by atoms with Crippen molar-refractivity contribution in [3.63, 3.8) is 0 Å². The number of benzene rings is 2. The maximum atomic E-state index is 13.2. The van der Waals surface area contributed by atoms with Crippen LogP contribution in [0.15, 0.2) is 77.5 Å². The fraction of sp³-hybridized carbons (Fsp3) is 0.296. The maximum Gasteiger partial charge on any atom is 0.410 e. The Hall–Kier alpha value is -3.43. The zero-order valence-corrected chi connectivity index (χ0v) is 21.2. The van der Waals surface area contributed by atoms with Gasteiger partial charge in [0.2, 0.25) is 5.91 Å². The van der Waals surface area contributed by atoms with Gasteiger partial charge >= 0.3 is 6.09 Å². The van der Waals surface area contributed by atoms with E-state index in [1.54, 1.807) is 11.1 Å². The van der Waals surface area contributed by atoms with Gasteiger partial charge in [0.1, 0.15) is 23.4 Å². The number of nitrogens with one attached hydrogen (secondary N) is 2. The highest BCUT2D eigenvalue weighted by Crippen LogP contribution is 2.28. The van der Waals surface area contributed by atoms with Crippen LogP contribution in [0.2, 0.25) is 0 Å². The number of carbonyl (C=O) groups excluding carboxylic acids is 2. The second-order valence-electron chi connectivity index (χ2n) is 9.07. The van der Waals surface area contributed by atoms with Crippen LogP contribution in [0.3, 0.4) is 0 Å². The summed E-state index contributed by atoms with van der Waals surface area (Å²) in [5.41, 5.74) is 5.57. The van der Waals surface area contributed by atoms with Crippen molar-refractivity contribution >= 4 is 38.8 Å². The van der Waals surface area contributed by atoms with E-state index < -0.39 is 12.1 Å². The number of carbonyl (C=O) groups is 2. The van der Waals surface area contributed by atoms with Crippen LogP contribution in [0.25, 0.3) is 10.9 Å². The SMILES string of the molecule is O=C(NCC1C=C(Br)NO1)C1CC(Cc2ccccc2)CN1C(=O)OCc1cnc2ccccc2c1. The molecule has 1 aromatic heterocycles. The third-order valence-corrected chi connectivity index (χ3v) is 6.85. The molecule has 36 heavy (non-hydrogen) atoms. The van der Waals surface area contributed by atoms with Crippen LogP contribution in [-0.4, -0.2) is 47.1 Å². The first kappa shape index (κ1) is 24.3. The van der Waals surface area contributed by atoms with E-state index in [1.165, 1.54) is 5.56 Å². The molecule has 5 rings (SSSR count). The maximum absolute atomic E-state index is 13.2. The van der Waals surface area contributed by atoms with Gasteiger partial charge in [0, 0.05) is 23.7 Å². The first-order valence-electron chi connectivity index (χ1n) is 11.9. The molecule has 0 bridgehead atoms. The van der Waals surface area contributed by atoms with E-state index >= 15 is 0 Å². The molecule has 0 radical (unpaired) electrons. The molecular formula is C27H27BrN4O4. The lowest BCUT2D eigenvalue weighted by atomic mass is 9.96. The van der Waals surface area contributed by atoms with Gasteiger partial charge in [-0.15, -0.1) is 0 Å². The van der Waals surface area contributed by atoms with E-state index in [9.17, 15) is 9.59 Å². The summed E-state index contributed by atoms with van der Waals surface area (Å²) < 4.78 is 6.37. The monoisotopic (exact) mass is 550 g/mol. The van der Waals surface area contributed by atoms with Gasteiger partial charge in [-0.2, -0.15) is 0 Å². The van der Waals surface area contributed by atoms with Gasteiger partial charge in [0.05, 0.1) is 12.1 Å². The fourth-order valence-corrected chi connectivity index (χ4v) is 5.06. The summed E-state index contributed by atoms with van der Waals surface area (Å²) in [6.07, 6.45) is 4.11. The lowest BCUT2D eigenvalue weighted by molar-refractivity contribution is -0.125. The van der Waals surface area contributed by atoms with Crippen molar-refractivity contribution in [2.45, 2.75) is 31.6 Å². The van der Waals surface area contributed by atoms with Crippen LogP contribution in [0.5, 0.6) is 0 Å². The molecule has 1 saturated heterocycles. The van der Waals surface area contributed by atoms with Crippen molar-refractivity contribution in [3.05, 3.63) is 88.7 Å². The lowest BCUT2D eigenvalue weighted by Gasteiger charge is -2.23. The molecular weight excluding hydrogens is 524 g/mol. The number of pyridine rings is 1. The molecule has 2 aliphatic rings. The first-order valence-corrected chi connectivity index (χ1v) is 12.7. The van der Waals surface area contributed by atoms with Gasteiger partial charge in [0.15, 0.2) is 0 Å². The van der Waals surface area contributed by atoms with Crippen molar-refractivity contribution in [3.8, 4) is 0 Å². The molecule has 186 valence electrons. The highest BCUT2D eigenvalue weighted by atomic mass is 79.9. The number of halogens is 1. The summed E-state index contributed by atoms with van der Waals surface area (Å²) in [6.45, 7) is 0.840. The zero-order valence-electron chi connectivity index (χ0n) is 19.6. The molecule has 3 aromatic rings. The standard InChI is InChI=1S/C27H27BrN4O4/c28-25-13-22(36-31-25)15-30-26(33)24-12-19(10-18-6-2-1-3-7-18)16-32(24)27(34)35-17-20-11-21-8-4-5-9-23(21)29-14-20/h1-9,11,13-14,19,22,24,31H,10,12,15-17H2,(H,30,33). The number of rotatable bonds is 7. The summed E-state index contributed by atoms with van der Waals surface area (Å²) in [5.74, 6) is -0.0635. The average molecular weight is 551 g/mol. The Morgan fingerprint density at radius 2 is 1.94 bits per heavy atom. The molecule has 2 amide bonds. The van der Waals surface area contributed by atoms with Gasteiger partial charge in [-0.3, -0.25) is 25.0 Å². The summed E-state index contributed by atoms with van der Waals surface area (Å²) in [7, 11) is 0. The molecule has 3 atom stereocenters. The first-order chi connectivity index (χ1) is 17.5. The Kier molecular flexibility index (Phi) is 7.48. The predicted octanol–water partition coefficient (Wildman–Crippen LogP) is 4.06. The third-order valence-electron chi connectivity index (χ3n) is 6.42. The number of hydroxylamine groups is 1. The highest BCUT2D eigenvalue weighted by Gasteiger charge is 2.40. The summed E-state index contributed by atoms with van der Waals surface area (Å²) >= 11 is 3.31.